The molecule has 1 heterocycles. The zero-order chi connectivity index (χ0) is 16.7. The Balaban J connectivity index is 2.52. The predicted octanol–water partition coefficient (Wildman–Crippen LogP) is 3.67. The molecule has 0 saturated carbocycles. The second-order valence-electron chi connectivity index (χ2n) is 6.59. The van der Waals surface area contributed by atoms with Crippen LogP contribution in [0.25, 0.3) is 0 Å². The number of rotatable bonds is 2. The summed E-state index contributed by atoms with van der Waals surface area (Å²) in [5.74, 6) is -0.138. The molecule has 1 fully saturated rings. The number of hydrogen-bond donors (Lipinski definition) is 0. The minimum Gasteiger partial charge on any atom is -0.325 e. The fraction of sp³-hybridized carbons (Fsp3) is 0.529. The van der Waals surface area contributed by atoms with E-state index < -0.39 is 9.62 Å². The summed E-state index contributed by atoms with van der Waals surface area (Å²) in [6, 6.07) is 9.54. The number of benzene rings is 1. The van der Waals surface area contributed by atoms with E-state index in [0.717, 1.165) is 5.56 Å². The molecule has 1 atom stereocenters. The Morgan fingerprint density at radius 3 is 2.23 bits per heavy atom. The Morgan fingerprint density at radius 2 is 1.73 bits per heavy atom. The third kappa shape index (κ3) is 2.62. The molecule has 0 bridgehead atoms. The average Bonchev–Trinajstić information content (AvgIpc) is 2.65. The summed E-state index contributed by atoms with van der Waals surface area (Å²) in [5, 5.41) is 0. The lowest BCUT2D eigenvalue weighted by Crippen LogP contribution is -2.52. The molecule has 1 aromatic rings. The summed E-state index contributed by atoms with van der Waals surface area (Å²) < 4.78 is -0.627. The van der Waals surface area contributed by atoms with Gasteiger partial charge in [-0.15, -0.1) is 11.8 Å². The van der Waals surface area contributed by atoms with E-state index in [2.05, 4.69) is 0 Å². The summed E-state index contributed by atoms with van der Waals surface area (Å²) in [5.41, 5.74) is 0.962. The smallest absolute Gasteiger partial charge is 0.325 e. The molecule has 1 aliphatic heterocycles. The molecule has 0 aromatic heterocycles. The molecule has 4 nitrogen and oxygen atoms in total. The third-order valence-electron chi connectivity index (χ3n) is 4.18. The van der Waals surface area contributed by atoms with E-state index in [0.29, 0.717) is 0 Å². The Hall–Kier alpha value is -1.49. The second-order valence-corrected chi connectivity index (χ2v) is 8.61. The summed E-state index contributed by atoms with van der Waals surface area (Å²) in [6.07, 6.45) is 0. The highest BCUT2D eigenvalue weighted by Crippen LogP contribution is 2.54. The lowest BCUT2D eigenvalue weighted by Gasteiger charge is -2.36. The van der Waals surface area contributed by atoms with E-state index >= 15 is 0 Å². The Labute approximate surface area is 136 Å². The van der Waals surface area contributed by atoms with E-state index in [9.17, 15) is 9.59 Å². The first-order valence-electron chi connectivity index (χ1n) is 7.48. The largest absolute Gasteiger partial charge is 0.328 e. The van der Waals surface area contributed by atoms with Crippen LogP contribution in [0.3, 0.4) is 0 Å². The molecule has 1 aromatic carbocycles. The van der Waals surface area contributed by atoms with Crippen LogP contribution in [-0.4, -0.2) is 39.6 Å². The topological polar surface area (TPSA) is 40.6 Å². The van der Waals surface area contributed by atoms with Gasteiger partial charge in [-0.25, -0.2) is 9.69 Å². The molecule has 1 aliphatic rings. The van der Waals surface area contributed by atoms with Crippen LogP contribution in [0, 0.1) is 0 Å². The lowest BCUT2D eigenvalue weighted by atomic mass is 10.0. The number of amides is 3. The second kappa shape index (κ2) is 5.61. The molecule has 22 heavy (non-hydrogen) atoms. The van der Waals surface area contributed by atoms with Gasteiger partial charge in [-0.3, -0.25) is 4.79 Å². The van der Waals surface area contributed by atoms with Crippen molar-refractivity contribution >= 4 is 23.7 Å². The molecular formula is C17H24N2O2S. The van der Waals surface area contributed by atoms with Crippen molar-refractivity contribution in [2.24, 2.45) is 0 Å². The molecule has 1 unspecified atom stereocenters. The summed E-state index contributed by atoms with van der Waals surface area (Å²) in [4.78, 5) is 28.1. The van der Waals surface area contributed by atoms with Crippen LogP contribution in [0.15, 0.2) is 30.3 Å². The quantitative estimate of drug-likeness (QED) is 0.835. The zero-order valence-corrected chi connectivity index (χ0v) is 14.9. The van der Waals surface area contributed by atoms with Crippen LogP contribution in [0.5, 0.6) is 0 Å². The lowest BCUT2D eigenvalue weighted by molar-refractivity contribution is -0.131. The van der Waals surface area contributed by atoms with Crippen molar-refractivity contribution in [3.63, 3.8) is 0 Å². The first-order chi connectivity index (χ1) is 10.1. The van der Waals surface area contributed by atoms with Gasteiger partial charge in [0.05, 0.1) is 4.75 Å². The number of carbonyl (C=O) groups is 2. The zero-order valence-electron chi connectivity index (χ0n) is 14.1. The van der Waals surface area contributed by atoms with Gasteiger partial charge in [0.1, 0.15) is 4.87 Å². The monoisotopic (exact) mass is 320 g/mol. The van der Waals surface area contributed by atoms with E-state index in [4.69, 9.17) is 0 Å². The van der Waals surface area contributed by atoms with Crippen molar-refractivity contribution in [2.75, 3.05) is 7.05 Å². The summed E-state index contributed by atoms with van der Waals surface area (Å²) in [7, 11) is 1.74. The number of thioether (sulfide) groups is 1. The predicted molar refractivity (Wildman–Crippen MR) is 90.6 cm³/mol. The van der Waals surface area contributed by atoms with Crippen molar-refractivity contribution < 1.29 is 9.59 Å². The fourth-order valence-electron chi connectivity index (χ4n) is 2.63. The van der Waals surface area contributed by atoms with Gasteiger partial charge in [-0.05, 0) is 40.2 Å². The SMILES string of the molecule is CC(C)N(C)C(=O)N1C(=O)C(C)(C)SC1(C)c1ccccc1. The maximum Gasteiger partial charge on any atom is 0.328 e. The normalized spacial score (nSPS) is 24.0. The van der Waals surface area contributed by atoms with E-state index in [-0.39, 0.29) is 18.0 Å². The van der Waals surface area contributed by atoms with E-state index in [1.807, 2.05) is 65.0 Å². The number of carbonyl (C=O) groups excluding carboxylic acids is 2. The van der Waals surface area contributed by atoms with Crippen LogP contribution < -0.4 is 0 Å². The van der Waals surface area contributed by atoms with Crippen LogP contribution in [-0.2, 0) is 9.67 Å². The van der Waals surface area contributed by atoms with Gasteiger partial charge in [-0.2, -0.15) is 0 Å². The number of nitrogens with zero attached hydrogens (tertiary/aromatic N) is 2. The van der Waals surface area contributed by atoms with E-state index in [1.165, 1.54) is 16.7 Å². The average molecular weight is 320 g/mol. The minimum absolute atomic E-state index is 0.0361. The van der Waals surface area contributed by atoms with Crippen molar-refractivity contribution in [1.29, 1.82) is 0 Å². The Morgan fingerprint density at radius 1 is 1.18 bits per heavy atom. The molecular weight excluding hydrogens is 296 g/mol. The minimum atomic E-state index is -0.692. The number of hydrogen-bond acceptors (Lipinski definition) is 3. The number of urea groups is 1. The molecule has 0 radical (unpaired) electrons. The highest BCUT2D eigenvalue weighted by atomic mass is 32.2. The third-order valence-corrected chi connectivity index (χ3v) is 5.68. The summed E-state index contributed by atoms with van der Waals surface area (Å²) >= 11 is 1.53. The molecule has 5 heteroatoms. The maximum atomic E-state index is 12.9. The fourth-order valence-corrected chi connectivity index (χ4v) is 4.31. The molecule has 0 N–H and O–H groups in total. The Kier molecular flexibility index (Phi) is 4.30. The molecule has 2 rings (SSSR count). The van der Waals surface area contributed by atoms with Crippen LogP contribution in [0.2, 0.25) is 0 Å². The van der Waals surface area contributed by atoms with E-state index in [1.54, 1.807) is 11.9 Å². The van der Waals surface area contributed by atoms with Crippen LogP contribution in [0.4, 0.5) is 4.79 Å². The summed E-state index contributed by atoms with van der Waals surface area (Å²) in [6.45, 7) is 9.59. The van der Waals surface area contributed by atoms with Gasteiger partial charge in [0.2, 0.25) is 5.91 Å². The van der Waals surface area contributed by atoms with Crippen molar-refractivity contribution in [1.82, 2.24) is 9.80 Å². The highest BCUT2D eigenvalue weighted by molar-refractivity contribution is 8.02. The van der Waals surface area contributed by atoms with Crippen LogP contribution >= 0.6 is 11.8 Å². The first-order valence-corrected chi connectivity index (χ1v) is 8.30. The molecule has 0 aliphatic carbocycles. The van der Waals surface area contributed by atoms with Crippen molar-refractivity contribution in [3.05, 3.63) is 35.9 Å². The molecule has 1 saturated heterocycles. The number of imide groups is 1. The first kappa shape index (κ1) is 16.9. The maximum absolute atomic E-state index is 12.9. The molecule has 120 valence electrons. The van der Waals surface area contributed by atoms with Gasteiger partial charge in [0, 0.05) is 13.1 Å². The van der Waals surface area contributed by atoms with Gasteiger partial charge in [0.15, 0.2) is 0 Å². The van der Waals surface area contributed by atoms with Crippen molar-refractivity contribution in [3.8, 4) is 0 Å². The van der Waals surface area contributed by atoms with Crippen molar-refractivity contribution in [2.45, 2.75) is 50.3 Å². The molecule has 3 amide bonds. The standard InChI is InChI=1S/C17H24N2O2S/c1-12(2)18(6)15(21)19-14(20)16(3,4)22-17(19,5)13-10-8-7-9-11-13/h7-12H,1-6H3. The Bertz CT molecular complexity index is 586. The van der Waals surface area contributed by atoms with Gasteiger partial charge in [0.25, 0.3) is 0 Å². The highest BCUT2D eigenvalue weighted by Gasteiger charge is 2.57. The van der Waals surface area contributed by atoms with Crippen LogP contribution in [0.1, 0.15) is 40.2 Å². The van der Waals surface area contributed by atoms with Gasteiger partial charge in [-0.1, -0.05) is 30.3 Å². The van der Waals surface area contributed by atoms with Gasteiger partial charge >= 0.3 is 6.03 Å². The van der Waals surface area contributed by atoms with Gasteiger partial charge < -0.3 is 4.90 Å². The molecule has 0 spiro atoms.